The number of carbonyl (C=O) groups is 2. The van der Waals surface area contributed by atoms with E-state index in [0.29, 0.717) is 22.2 Å². The largest absolute Gasteiger partial charge is 0.465 e. The van der Waals surface area contributed by atoms with Crippen LogP contribution in [0.4, 0.5) is 9.59 Å². The lowest BCUT2D eigenvalue weighted by Gasteiger charge is -2.42. The maximum absolute atomic E-state index is 8.78. The summed E-state index contributed by atoms with van der Waals surface area (Å²) in [6.07, 6.45) is 5.33. The molecule has 0 radical (unpaired) electrons. The first-order valence-electron chi connectivity index (χ1n) is 9.85. The van der Waals surface area contributed by atoms with Gasteiger partial charge >= 0.3 is 12.2 Å². The molecule has 0 unspecified atom stereocenters. The van der Waals surface area contributed by atoms with Gasteiger partial charge < -0.3 is 32.3 Å². The van der Waals surface area contributed by atoms with E-state index in [1.54, 1.807) is 0 Å². The molecule has 2 amide bonds. The van der Waals surface area contributed by atoms with E-state index in [4.69, 9.17) is 19.8 Å². The van der Waals surface area contributed by atoms with Crippen LogP contribution in [0.25, 0.3) is 0 Å². The summed E-state index contributed by atoms with van der Waals surface area (Å²) in [7, 11) is 0. The van der Waals surface area contributed by atoms with Gasteiger partial charge in [0.05, 0.1) is 0 Å². The highest BCUT2D eigenvalue weighted by Crippen LogP contribution is 2.28. The van der Waals surface area contributed by atoms with Crippen molar-refractivity contribution in [2.24, 2.45) is 11.5 Å². The third-order valence-electron chi connectivity index (χ3n) is 4.56. The molecule has 8 heteroatoms. The SMILES string of the molecule is C.C.C.C.C.C.CC1(C)CCCC(C)(C)N1.CC1(C)CCCC(C)(C)N1.NC(=O)O.NC(=O)O. The Morgan fingerprint density at radius 1 is 0.529 bits per heavy atom. The van der Waals surface area contributed by atoms with Crippen LogP contribution in [-0.4, -0.2) is 44.6 Å². The molecule has 2 heterocycles. The van der Waals surface area contributed by atoms with Gasteiger partial charge in [0, 0.05) is 22.2 Å². The first kappa shape index (κ1) is 53.7. The van der Waals surface area contributed by atoms with Crippen molar-refractivity contribution >= 4 is 12.2 Å². The molecule has 0 aromatic heterocycles. The second kappa shape index (κ2) is 22.0. The smallest absolute Gasteiger partial charge is 0.402 e. The Morgan fingerprint density at radius 3 is 0.706 bits per heavy atom. The number of primary amides is 2. The molecule has 2 aliphatic heterocycles. The average molecular weight is 501 g/mol. The van der Waals surface area contributed by atoms with Gasteiger partial charge in [0.2, 0.25) is 0 Å². The fourth-order valence-electron chi connectivity index (χ4n) is 4.03. The molecule has 0 bridgehead atoms. The lowest BCUT2D eigenvalue weighted by molar-refractivity contribution is 0.182. The number of nitrogens with one attached hydrogen (secondary N) is 2. The van der Waals surface area contributed by atoms with Crippen molar-refractivity contribution in [2.75, 3.05) is 0 Å². The molecule has 8 N–H and O–H groups in total. The van der Waals surface area contributed by atoms with E-state index in [0.717, 1.165) is 0 Å². The highest BCUT2D eigenvalue weighted by Gasteiger charge is 2.32. The van der Waals surface area contributed by atoms with Crippen LogP contribution in [0.15, 0.2) is 0 Å². The van der Waals surface area contributed by atoms with Crippen LogP contribution in [0.3, 0.4) is 0 Å². The Hall–Kier alpha value is -1.54. The summed E-state index contributed by atoms with van der Waals surface area (Å²) >= 11 is 0. The molecule has 0 aromatic rings. The second-order valence-corrected chi connectivity index (χ2v) is 10.2. The summed E-state index contributed by atoms with van der Waals surface area (Å²) in [5.74, 6) is 0. The molecule has 2 rings (SSSR count). The normalized spacial score (nSPS) is 19.1. The molecular formula is C26H68N4O4. The summed E-state index contributed by atoms with van der Waals surface area (Å²) in [6, 6.07) is 0. The summed E-state index contributed by atoms with van der Waals surface area (Å²) in [6.45, 7) is 18.3. The minimum atomic E-state index is -1.33. The van der Waals surface area contributed by atoms with Gasteiger partial charge in [0.25, 0.3) is 0 Å². The fraction of sp³-hybridized carbons (Fsp3) is 0.923. The Labute approximate surface area is 215 Å². The summed E-state index contributed by atoms with van der Waals surface area (Å²) in [5.41, 5.74) is 9.51. The molecule has 34 heavy (non-hydrogen) atoms. The molecule has 0 atom stereocenters. The highest BCUT2D eigenvalue weighted by atomic mass is 16.4. The Balaban J connectivity index is -0.0000000448. The number of carboxylic acid groups (broad SMARTS) is 2. The van der Waals surface area contributed by atoms with E-state index in [9.17, 15) is 0 Å². The van der Waals surface area contributed by atoms with Gasteiger partial charge in [-0.1, -0.05) is 44.6 Å². The van der Waals surface area contributed by atoms with Gasteiger partial charge in [0.1, 0.15) is 0 Å². The Bertz CT molecular complexity index is 411. The molecular weight excluding hydrogens is 432 g/mol. The lowest BCUT2D eigenvalue weighted by Crippen LogP contribution is -2.55. The van der Waals surface area contributed by atoms with Gasteiger partial charge in [-0.3, -0.25) is 0 Å². The molecule has 2 aliphatic rings. The van der Waals surface area contributed by atoms with E-state index < -0.39 is 12.2 Å². The standard InChI is InChI=1S/2C9H19N.2CH3NO2.6CH4/c2*1-8(2)6-5-7-9(3,4)10-8;2*2-1(3)4;;;;;;/h2*10H,5-7H2,1-4H3;2*2H2,(H,3,4);6*1H4. The van der Waals surface area contributed by atoms with Crippen LogP contribution in [0.1, 0.15) is 138 Å². The molecule has 0 spiro atoms. The third-order valence-corrected chi connectivity index (χ3v) is 4.56. The van der Waals surface area contributed by atoms with Crippen molar-refractivity contribution < 1.29 is 19.8 Å². The van der Waals surface area contributed by atoms with E-state index >= 15 is 0 Å². The van der Waals surface area contributed by atoms with Crippen molar-refractivity contribution in [3.05, 3.63) is 0 Å². The molecule has 0 aromatic carbocycles. The third kappa shape index (κ3) is 37.8. The van der Waals surface area contributed by atoms with Crippen LogP contribution in [0, 0.1) is 0 Å². The van der Waals surface area contributed by atoms with Crippen molar-refractivity contribution in [3.63, 3.8) is 0 Å². The van der Waals surface area contributed by atoms with Crippen molar-refractivity contribution in [2.45, 2.75) is 161 Å². The first-order valence-corrected chi connectivity index (χ1v) is 9.85. The zero-order chi connectivity index (χ0) is 22.8. The van der Waals surface area contributed by atoms with Gasteiger partial charge in [0.15, 0.2) is 0 Å². The molecule has 2 saturated heterocycles. The number of hydrogen-bond acceptors (Lipinski definition) is 4. The number of hydrogen-bond donors (Lipinski definition) is 6. The van der Waals surface area contributed by atoms with Crippen LogP contribution in [0.2, 0.25) is 0 Å². The molecule has 0 saturated carbocycles. The second-order valence-electron chi connectivity index (χ2n) is 10.2. The maximum atomic E-state index is 8.78. The van der Waals surface area contributed by atoms with Crippen LogP contribution in [0.5, 0.6) is 0 Å². The zero-order valence-corrected chi connectivity index (χ0v) is 19.1. The lowest BCUT2D eigenvalue weighted by atomic mass is 9.83. The molecule has 8 nitrogen and oxygen atoms in total. The predicted molar refractivity (Wildman–Crippen MR) is 155 cm³/mol. The van der Waals surface area contributed by atoms with Gasteiger partial charge in [-0.15, -0.1) is 0 Å². The minimum Gasteiger partial charge on any atom is -0.465 e. The summed E-state index contributed by atoms with van der Waals surface area (Å²) < 4.78 is 0. The Morgan fingerprint density at radius 2 is 0.647 bits per heavy atom. The number of nitrogens with two attached hydrogens (primary N) is 2. The monoisotopic (exact) mass is 501 g/mol. The number of rotatable bonds is 0. The van der Waals surface area contributed by atoms with E-state index in [1.807, 2.05) is 0 Å². The van der Waals surface area contributed by atoms with Crippen molar-refractivity contribution in [1.82, 2.24) is 10.6 Å². The minimum absolute atomic E-state index is 0. The molecule has 2 fully saturated rings. The van der Waals surface area contributed by atoms with Crippen LogP contribution >= 0.6 is 0 Å². The van der Waals surface area contributed by atoms with E-state index in [1.165, 1.54) is 38.5 Å². The number of piperidine rings is 2. The predicted octanol–water partition coefficient (Wildman–Crippen LogP) is 7.70. The zero-order valence-electron chi connectivity index (χ0n) is 19.1. The van der Waals surface area contributed by atoms with Gasteiger partial charge in [-0.05, 0) is 93.9 Å². The molecule has 0 aliphatic carbocycles. The van der Waals surface area contributed by atoms with Gasteiger partial charge in [-0.25, -0.2) is 9.59 Å². The maximum Gasteiger partial charge on any atom is 0.402 e. The summed E-state index contributed by atoms with van der Waals surface area (Å²) in [5, 5.41) is 21.7. The topological polar surface area (TPSA) is 151 Å². The van der Waals surface area contributed by atoms with E-state index in [-0.39, 0.29) is 44.6 Å². The Kier molecular flexibility index (Phi) is 34.7. The van der Waals surface area contributed by atoms with Crippen molar-refractivity contribution in [3.8, 4) is 0 Å². The van der Waals surface area contributed by atoms with Gasteiger partial charge in [-0.2, -0.15) is 0 Å². The number of amides is 2. The average Bonchev–Trinajstić information content (AvgIpc) is 2.31. The molecule has 216 valence electrons. The first-order chi connectivity index (χ1) is 12.3. The fourth-order valence-corrected chi connectivity index (χ4v) is 4.03. The summed E-state index contributed by atoms with van der Waals surface area (Å²) in [4.78, 5) is 17.6. The van der Waals surface area contributed by atoms with E-state index in [2.05, 4.69) is 77.5 Å². The van der Waals surface area contributed by atoms with Crippen molar-refractivity contribution in [1.29, 1.82) is 0 Å². The highest BCUT2D eigenvalue weighted by molar-refractivity contribution is 5.61. The van der Waals surface area contributed by atoms with Crippen LogP contribution < -0.4 is 22.1 Å². The van der Waals surface area contributed by atoms with Crippen LogP contribution in [-0.2, 0) is 0 Å². The quantitative estimate of drug-likeness (QED) is 0.200.